The van der Waals surface area contributed by atoms with Crippen LogP contribution in [0.2, 0.25) is 0 Å². The van der Waals surface area contributed by atoms with E-state index in [0.717, 1.165) is 12.8 Å². The molecular weight excluding hydrogens is 169 g/mol. The summed E-state index contributed by atoms with van der Waals surface area (Å²) in [7, 11) is 0. The third-order valence-corrected chi connectivity index (χ3v) is 2.13. The second-order valence-electron chi connectivity index (χ2n) is 3.25. The first-order chi connectivity index (χ1) is 6.31. The summed E-state index contributed by atoms with van der Waals surface area (Å²) in [6.07, 6.45) is 4.57. The third kappa shape index (κ3) is 1.79. The van der Waals surface area contributed by atoms with E-state index in [-0.39, 0.29) is 0 Å². The molecule has 0 amide bonds. The summed E-state index contributed by atoms with van der Waals surface area (Å²) in [6.45, 7) is 1.90. The van der Waals surface area contributed by atoms with E-state index >= 15 is 0 Å². The molecule has 0 spiro atoms. The SMILES string of the molecule is CCc1c(OC2CC2)ccnc1F. The molecule has 13 heavy (non-hydrogen) atoms. The zero-order chi connectivity index (χ0) is 9.26. The molecule has 1 heterocycles. The van der Waals surface area contributed by atoms with Crippen molar-refractivity contribution in [3.8, 4) is 5.75 Å². The van der Waals surface area contributed by atoms with Crippen LogP contribution in [0.25, 0.3) is 0 Å². The summed E-state index contributed by atoms with van der Waals surface area (Å²) in [4.78, 5) is 3.59. The maximum absolute atomic E-state index is 13.1. The van der Waals surface area contributed by atoms with Gasteiger partial charge in [0, 0.05) is 11.8 Å². The Morgan fingerprint density at radius 3 is 3.00 bits per heavy atom. The molecule has 1 saturated carbocycles. The van der Waals surface area contributed by atoms with Crippen molar-refractivity contribution in [2.45, 2.75) is 32.3 Å². The minimum absolute atomic E-state index is 0.312. The highest BCUT2D eigenvalue weighted by Crippen LogP contribution is 2.29. The van der Waals surface area contributed by atoms with Gasteiger partial charge in [-0.3, -0.25) is 0 Å². The molecule has 0 atom stereocenters. The average molecular weight is 181 g/mol. The predicted molar refractivity (Wildman–Crippen MR) is 47.2 cm³/mol. The predicted octanol–water partition coefficient (Wildman–Crippen LogP) is 2.32. The first kappa shape index (κ1) is 8.48. The fraction of sp³-hybridized carbons (Fsp3) is 0.500. The van der Waals surface area contributed by atoms with Crippen LogP contribution in [0.5, 0.6) is 5.75 Å². The number of aromatic nitrogens is 1. The van der Waals surface area contributed by atoms with Gasteiger partial charge in [-0.1, -0.05) is 6.92 Å². The van der Waals surface area contributed by atoms with Crippen LogP contribution in [0, 0.1) is 5.95 Å². The zero-order valence-electron chi connectivity index (χ0n) is 7.59. The van der Waals surface area contributed by atoms with E-state index in [1.54, 1.807) is 6.07 Å². The Labute approximate surface area is 76.7 Å². The summed E-state index contributed by atoms with van der Waals surface area (Å²) < 4.78 is 18.7. The number of hydrogen-bond acceptors (Lipinski definition) is 2. The number of nitrogens with zero attached hydrogens (tertiary/aromatic N) is 1. The first-order valence-corrected chi connectivity index (χ1v) is 4.61. The van der Waals surface area contributed by atoms with Crippen molar-refractivity contribution in [3.05, 3.63) is 23.8 Å². The van der Waals surface area contributed by atoms with Gasteiger partial charge < -0.3 is 4.74 Å². The van der Waals surface area contributed by atoms with Crippen molar-refractivity contribution in [3.63, 3.8) is 0 Å². The highest BCUT2D eigenvalue weighted by Gasteiger charge is 2.25. The Balaban J connectivity index is 2.25. The molecule has 0 aliphatic heterocycles. The molecule has 0 aromatic carbocycles. The van der Waals surface area contributed by atoms with Crippen molar-refractivity contribution in [1.82, 2.24) is 4.98 Å². The van der Waals surface area contributed by atoms with Crippen molar-refractivity contribution in [1.29, 1.82) is 0 Å². The van der Waals surface area contributed by atoms with E-state index in [0.29, 0.717) is 23.8 Å². The minimum Gasteiger partial charge on any atom is -0.490 e. The number of pyridine rings is 1. The van der Waals surface area contributed by atoms with Gasteiger partial charge >= 0.3 is 0 Å². The Hall–Kier alpha value is -1.12. The van der Waals surface area contributed by atoms with Crippen LogP contribution in [-0.4, -0.2) is 11.1 Å². The number of hydrogen-bond donors (Lipinski definition) is 0. The monoisotopic (exact) mass is 181 g/mol. The van der Waals surface area contributed by atoms with E-state index in [2.05, 4.69) is 4.98 Å². The van der Waals surface area contributed by atoms with Crippen molar-refractivity contribution in [2.75, 3.05) is 0 Å². The van der Waals surface area contributed by atoms with E-state index < -0.39 is 5.95 Å². The lowest BCUT2D eigenvalue weighted by atomic mass is 10.2. The Kier molecular flexibility index (Phi) is 2.17. The van der Waals surface area contributed by atoms with E-state index in [9.17, 15) is 4.39 Å². The van der Waals surface area contributed by atoms with Crippen LogP contribution in [0.4, 0.5) is 4.39 Å². The van der Waals surface area contributed by atoms with Gasteiger partial charge in [0.25, 0.3) is 0 Å². The molecule has 0 unspecified atom stereocenters. The molecule has 1 aliphatic carbocycles. The molecule has 1 aromatic rings. The van der Waals surface area contributed by atoms with Crippen molar-refractivity contribution >= 4 is 0 Å². The number of rotatable bonds is 3. The Bertz CT molecular complexity index is 310. The normalized spacial score (nSPS) is 15.8. The van der Waals surface area contributed by atoms with Crippen molar-refractivity contribution in [2.24, 2.45) is 0 Å². The topological polar surface area (TPSA) is 22.1 Å². The highest BCUT2D eigenvalue weighted by atomic mass is 19.1. The quantitative estimate of drug-likeness (QED) is 0.667. The summed E-state index contributed by atoms with van der Waals surface area (Å²) in [5.41, 5.74) is 0.592. The molecule has 2 nitrogen and oxygen atoms in total. The van der Waals surface area contributed by atoms with Crippen LogP contribution in [0.15, 0.2) is 12.3 Å². The van der Waals surface area contributed by atoms with Gasteiger partial charge in [0.1, 0.15) is 5.75 Å². The molecule has 0 bridgehead atoms. The van der Waals surface area contributed by atoms with Crippen molar-refractivity contribution < 1.29 is 9.13 Å². The second-order valence-corrected chi connectivity index (χ2v) is 3.25. The van der Waals surface area contributed by atoms with E-state index in [1.807, 2.05) is 6.92 Å². The third-order valence-electron chi connectivity index (χ3n) is 2.13. The molecule has 2 rings (SSSR count). The summed E-state index contributed by atoms with van der Waals surface area (Å²) in [6, 6.07) is 1.74. The van der Waals surface area contributed by atoms with Crippen LogP contribution in [0.1, 0.15) is 25.3 Å². The molecule has 0 N–H and O–H groups in total. The van der Waals surface area contributed by atoms with Crippen LogP contribution in [-0.2, 0) is 6.42 Å². The van der Waals surface area contributed by atoms with Gasteiger partial charge in [-0.25, -0.2) is 4.98 Å². The molecule has 0 saturated heterocycles. The first-order valence-electron chi connectivity index (χ1n) is 4.61. The Morgan fingerprint density at radius 2 is 2.38 bits per heavy atom. The molecule has 70 valence electrons. The average Bonchev–Trinajstić information content (AvgIpc) is 2.89. The van der Waals surface area contributed by atoms with Gasteiger partial charge in [-0.05, 0) is 25.3 Å². The minimum atomic E-state index is -0.402. The lowest BCUT2D eigenvalue weighted by Gasteiger charge is -2.08. The maximum atomic E-state index is 13.1. The maximum Gasteiger partial charge on any atom is 0.219 e. The van der Waals surface area contributed by atoms with E-state index in [1.165, 1.54) is 6.20 Å². The zero-order valence-corrected chi connectivity index (χ0v) is 7.59. The van der Waals surface area contributed by atoms with Crippen LogP contribution < -0.4 is 4.74 Å². The lowest BCUT2D eigenvalue weighted by Crippen LogP contribution is -2.02. The summed E-state index contributed by atoms with van der Waals surface area (Å²) in [5.74, 6) is 0.262. The van der Waals surface area contributed by atoms with E-state index in [4.69, 9.17) is 4.74 Å². The Morgan fingerprint density at radius 1 is 1.62 bits per heavy atom. The number of halogens is 1. The summed E-state index contributed by atoms with van der Waals surface area (Å²) >= 11 is 0. The van der Waals surface area contributed by atoms with Gasteiger partial charge in [-0.2, -0.15) is 4.39 Å². The van der Waals surface area contributed by atoms with Crippen LogP contribution >= 0.6 is 0 Å². The van der Waals surface area contributed by atoms with Gasteiger partial charge in [0.15, 0.2) is 0 Å². The molecule has 0 radical (unpaired) electrons. The molecule has 1 aliphatic rings. The standard InChI is InChI=1S/C10H12FNO/c1-2-8-9(13-7-3-4-7)5-6-12-10(8)11/h5-7H,2-4H2,1H3. The van der Waals surface area contributed by atoms with Gasteiger partial charge in [0.2, 0.25) is 5.95 Å². The molecule has 1 aromatic heterocycles. The fourth-order valence-corrected chi connectivity index (χ4v) is 1.25. The van der Waals surface area contributed by atoms with Gasteiger partial charge in [0.05, 0.1) is 6.10 Å². The smallest absolute Gasteiger partial charge is 0.219 e. The van der Waals surface area contributed by atoms with Crippen LogP contribution in [0.3, 0.4) is 0 Å². The molecule has 3 heteroatoms. The fourth-order valence-electron chi connectivity index (χ4n) is 1.25. The number of ether oxygens (including phenoxy) is 1. The largest absolute Gasteiger partial charge is 0.490 e. The lowest BCUT2D eigenvalue weighted by molar-refractivity contribution is 0.297. The molecular formula is C10H12FNO. The second kappa shape index (κ2) is 3.32. The highest BCUT2D eigenvalue weighted by molar-refractivity contribution is 5.31. The summed E-state index contributed by atoms with van der Waals surface area (Å²) in [5, 5.41) is 0. The molecule has 1 fully saturated rings. The van der Waals surface area contributed by atoms with Gasteiger partial charge in [-0.15, -0.1) is 0 Å².